The molecular weight excluding hydrogens is 528 g/mol. The quantitative estimate of drug-likeness (QED) is 0.391. The van der Waals surface area contributed by atoms with E-state index < -0.39 is 16.3 Å². The van der Waals surface area contributed by atoms with Gasteiger partial charge in [0.15, 0.2) is 0 Å². The standard InChI is InChI=1S/C31H54N2O6S/c1-7-21-25-16-20(34)10-13-31(25,6)24-11-14-30(5)22(8-9-23(30)26(24)27(21)35)19(2)12-15-39-28(36)32-40(37,38)33-17-29(3,4)18-33/h19-27,34-35H,7-18H2,1-6H3,(H,32,36)/t19-,20-,21-,22-,23+,24+,25+,26+,27-,30-,31-/m1/s1. The van der Waals surface area contributed by atoms with Gasteiger partial charge in [-0.05, 0) is 109 Å². The van der Waals surface area contributed by atoms with Crippen LogP contribution >= 0.6 is 0 Å². The summed E-state index contributed by atoms with van der Waals surface area (Å²) in [6.45, 7) is 14.3. The van der Waals surface area contributed by atoms with Crippen LogP contribution in [-0.4, -0.2) is 60.9 Å². The van der Waals surface area contributed by atoms with Crippen LogP contribution in [0.5, 0.6) is 0 Å². The van der Waals surface area contributed by atoms with Crippen molar-refractivity contribution in [1.82, 2.24) is 9.03 Å². The summed E-state index contributed by atoms with van der Waals surface area (Å²) in [7, 11) is -3.85. The molecule has 11 atom stereocenters. The van der Waals surface area contributed by atoms with Gasteiger partial charge in [0, 0.05) is 13.1 Å². The molecule has 230 valence electrons. The normalized spacial score (nSPS) is 45.4. The molecule has 8 nitrogen and oxygen atoms in total. The number of carbonyl (C=O) groups excluding carboxylic acids is 1. The Morgan fingerprint density at radius 3 is 2.30 bits per heavy atom. The van der Waals surface area contributed by atoms with Crippen LogP contribution in [0, 0.1) is 57.7 Å². The zero-order valence-corrected chi connectivity index (χ0v) is 26.4. The lowest BCUT2D eigenvalue weighted by atomic mass is 9.41. The predicted octanol–water partition coefficient (Wildman–Crippen LogP) is 4.95. The van der Waals surface area contributed by atoms with Crippen LogP contribution in [0.4, 0.5) is 4.79 Å². The molecule has 0 aromatic carbocycles. The molecule has 1 amide bonds. The number of hydrogen-bond acceptors (Lipinski definition) is 6. The number of aliphatic hydroxyl groups excluding tert-OH is 2. The topological polar surface area (TPSA) is 116 Å². The van der Waals surface area contributed by atoms with E-state index in [1.54, 1.807) is 0 Å². The number of ether oxygens (including phenoxy) is 1. The minimum absolute atomic E-state index is 0.0636. The Bertz CT molecular complexity index is 1060. The van der Waals surface area contributed by atoms with Crippen molar-refractivity contribution in [3.05, 3.63) is 0 Å². The molecule has 3 N–H and O–H groups in total. The van der Waals surface area contributed by atoms with E-state index in [1.165, 1.54) is 4.31 Å². The van der Waals surface area contributed by atoms with E-state index in [0.717, 1.165) is 51.4 Å². The van der Waals surface area contributed by atoms with Gasteiger partial charge in [0.05, 0.1) is 18.8 Å². The lowest BCUT2D eigenvalue weighted by Gasteiger charge is -2.64. The van der Waals surface area contributed by atoms with Gasteiger partial charge in [-0.1, -0.05) is 48.0 Å². The summed E-state index contributed by atoms with van der Waals surface area (Å²) in [4.78, 5) is 12.3. The van der Waals surface area contributed by atoms with E-state index in [2.05, 4.69) is 32.4 Å². The van der Waals surface area contributed by atoms with Crippen LogP contribution in [0.25, 0.3) is 0 Å². The molecule has 0 unspecified atom stereocenters. The zero-order chi connectivity index (χ0) is 29.3. The number of hydrogen-bond donors (Lipinski definition) is 3. The molecule has 4 aliphatic carbocycles. The summed E-state index contributed by atoms with van der Waals surface area (Å²) in [5, 5.41) is 22.4. The molecule has 0 radical (unpaired) electrons. The van der Waals surface area contributed by atoms with Gasteiger partial charge in [0.1, 0.15) is 0 Å². The molecule has 40 heavy (non-hydrogen) atoms. The fraction of sp³-hybridized carbons (Fsp3) is 0.968. The van der Waals surface area contributed by atoms with Gasteiger partial charge in [0.25, 0.3) is 0 Å². The van der Waals surface area contributed by atoms with E-state index in [1.807, 2.05) is 13.8 Å². The third-order valence-electron chi connectivity index (χ3n) is 12.7. The molecule has 4 saturated carbocycles. The van der Waals surface area contributed by atoms with Crippen LogP contribution in [0.2, 0.25) is 0 Å². The predicted molar refractivity (Wildman–Crippen MR) is 154 cm³/mol. The molecule has 0 spiro atoms. The summed E-state index contributed by atoms with van der Waals surface area (Å²) < 4.78 is 33.5. The van der Waals surface area contributed by atoms with Crippen molar-refractivity contribution in [2.45, 2.75) is 112 Å². The Labute approximate surface area is 242 Å². The van der Waals surface area contributed by atoms with Gasteiger partial charge >= 0.3 is 16.3 Å². The molecule has 0 aromatic heterocycles. The molecule has 5 rings (SSSR count). The van der Waals surface area contributed by atoms with Crippen molar-refractivity contribution in [2.75, 3.05) is 19.7 Å². The highest BCUT2D eigenvalue weighted by molar-refractivity contribution is 7.87. The number of nitrogens with zero attached hydrogens (tertiary/aromatic N) is 1. The van der Waals surface area contributed by atoms with E-state index in [0.29, 0.717) is 55.0 Å². The van der Waals surface area contributed by atoms with Crippen molar-refractivity contribution >= 4 is 16.3 Å². The van der Waals surface area contributed by atoms with Crippen molar-refractivity contribution in [3.63, 3.8) is 0 Å². The van der Waals surface area contributed by atoms with Gasteiger partial charge in [-0.15, -0.1) is 0 Å². The van der Waals surface area contributed by atoms with Gasteiger partial charge in [0.2, 0.25) is 0 Å². The van der Waals surface area contributed by atoms with Gasteiger partial charge in [-0.2, -0.15) is 12.7 Å². The second-order valence-corrected chi connectivity index (χ2v) is 17.2. The Hall–Kier alpha value is -0.900. The first-order valence-corrected chi connectivity index (χ1v) is 17.4. The number of nitrogens with one attached hydrogen (secondary N) is 1. The second kappa shape index (κ2) is 10.7. The summed E-state index contributed by atoms with van der Waals surface area (Å²) in [5.74, 6) is 2.80. The van der Waals surface area contributed by atoms with Crippen LogP contribution in [0.1, 0.15) is 99.3 Å². The van der Waals surface area contributed by atoms with Gasteiger partial charge < -0.3 is 14.9 Å². The molecular formula is C31H54N2O6S. The fourth-order valence-electron chi connectivity index (χ4n) is 10.7. The maximum Gasteiger partial charge on any atom is 0.421 e. The minimum Gasteiger partial charge on any atom is -0.449 e. The van der Waals surface area contributed by atoms with Crippen LogP contribution in [0.3, 0.4) is 0 Å². The van der Waals surface area contributed by atoms with E-state index >= 15 is 0 Å². The fourth-order valence-corrected chi connectivity index (χ4v) is 12.2. The Morgan fingerprint density at radius 2 is 1.65 bits per heavy atom. The van der Waals surface area contributed by atoms with Crippen molar-refractivity contribution < 1.29 is 28.2 Å². The molecule has 0 bridgehead atoms. The lowest BCUT2D eigenvalue weighted by molar-refractivity contribution is -0.203. The zero-order valence-electron chi connectivity index (χ0n) is 25.6. The Morgan fingerprint density at radius 1 is 1.00 bits per heavy atom. The summed E-state index contributed by atoms with van der Waals surface area (Å²) in [5.41, 5.74) is 0.279. The maximum absolute atomic E-state index is 12.4. The summed E-state index contributed by atoms with van der Waals surface area (Å²) in [6, 6.07) is 0. The van der Waals surface area contributed by atoms with Crippen molar-refractivity contribution in [2.24, 2.45) is 57.7 Å². The molecule has 1 aliphatic heterocycles. The highest BCUT2D eigenvalue weighted by Crippen LogP contribution is 2.69. The second-order valence-electron chi connectivity index (χ2n) is 15.6. The third-order valence-corrected chi connectivity index (χ3v) is 14.1. The average molecular weight is 583 g/mol. The van der Waals surface area contributed by atoms with E-state index in [4.69, 9.17) is 4.74 Å². The SMILES string of the molecule is CC[C@H]1[C@@H](O)[C@@H]2[C@H](CC[C@]3(C)[C@@H]([C@H](C)CCOC(=O)NS(=O)(=O)N4CC(C)(C)C4)CC[C@@H]23)[C@@]2(C)CC[C@@H](O)C[C@@H]12. The van der Waals surface area contributed by atoms with Crippen LogP contribution in [-0.2, 0) is 14.9 Å². The van der Waals surface area contributed by atoms with Crippen LogP contribution < -0.4 is 4.72 Å². The summed E-state index contributed by atoms with van der Waals surface area (Å²) in [6.07, 6.45) is 7.58. The molecule has 5 aliphatic rings. The van der Waals surface area contributed by atoms with Crippen molar-refractivity contribution in [3.8, 4) is 0 Å². The first-order chi connectivity index (χ1) is 18.6. The molecule has 1 saturated heterocycles. The summed E-state index contributed by atoms with van der Waals surface area (Å²) >= 11 is 0. The first-order valence-electron chi connectivity index (χ1n) is 15.9. The Balaban J connectivity index is 1.20. The molecule has 0 aromatic rings. The smallest absolute Gasteiger partial charge is 0.421 e. The van der Waals surface area contributed by atoms with Crippen molar-refractivity contribution in [1.29, 1.82) is 0 Å². The third kappa shape index (κ3) is 5.13. The van der Waals surface area contributed by atoms with E-state index in [-0.39, 0.29) is 41.0 Å². The highest BCUT2D eigenvalue weighted by Gasteiger charge is 2.64. The maximum atomic E-state index is 12.4. The molecule has 9 heteroatoms. The Kier molecular flexibility index (Phi) is 8.15. The minimum atomic E-state index is -3.85. The highest BCUT2D eigenvalue weighted by atomic mass is 32.2. The number of rotatable bonds is 7. The van der Waals surface area contributed by atoms with E-state index in [9.17, 15) is 23.4 Å². The number of carbonyl (C=O) groups is 1. The number of aliphatic hydroxyl groups is 2. The first kappa shape index (κ1) is 30.6. The monoisotopic (exact) mass is 582 g/mol. The van der Waals surface area contributed by atoms with Gasteiger partial charge in [-0.3, -0.25) is 0 Å². The average Bonchev–Trinajstić information content (AvgIpc) is 3.20. The lowest BCUT2D eigenvalue weighted by Crippen LogP contribution is -2.62. The largest absolute Gasteiger partial charge is 0.449 e. The number of fused-ring (bicyclic) bond motifs is 5. The van der Waals surface area contributed by atoms with Gasteiger partial charge in [-0.25, -0.2) is 9.52 Å². The molecule has 1 heterocycles. The number of amides is 1. The molecule has 5 fully saturated rings. The van der Waals surface area contributed by atoms with Crippen LogP contribution in [0.15, 0.2) is 0 Å².